The van der Waals surface area contributed by atoms with Gasteiger partial charge in [0.25, 0.3) is 0 Å². The number of thiazole rings is 1. The van der Waals surface area contributed by atoms with Crippen LogP contribution in [-0.4, -0.2) is 53.3 Å². The topological polar surface area (TPSA) is 53.5 Å². The van der Waals surface area contributed by atoms with Gasteiger partial charge in [-0.3, -0.25) is 9.59 Å². The molecule has 0 spiro atoms. The third kappa shape index (κ3) is 2.79. The summed E-state index contributed by atoms with van der Waals surface area (Å²) in [6, 6.07) is 8.19. The summed E-state index contributed by atoms with van der Waals surface area (Å²) in [7, 11) is 1.77. The maximum absolute atomic E-state index is 12.8. The number of benzene rings is 1. The van der Waals surface area contributed by atoms with Gasteiger partial charge >= 0.3 is 0 Å². The number of amides is 2. The smallest absolute Gasteiger partial charge is 0.228 e. The Morgan fingerprint density at radius 2 is 2.12 bits per heavy atom. The van der Waals surface area contributed by atoms with Crippen molar-refractivity contribution < 1.29 is 9.59 Å². The van der Waals surface area contributed by atoms with Crippen molar-refractivity contribution in [1.82, 2.24) is 14.8 Å². The summed E-state index contributed by atoms with van der Waals surface area (Å²) in [6.07, 6.45) is 2.44. The predicted octanol–water partition coefficient (Wildman–Crippen LogP) is 2.48. The van der Waals surface area contributed by atoms with E-state index in [-0.39, 0.29) is 17.7 Å². The van der Waals surface area contributed by atoms with Crippen LogP contribution in [0.25, 0.3) is 10.2 Å². The van der Waals surface area contributed by atoms with E-state index < -0.39 is 0 Å². The number of hydrogen-bond donors (Lipinski definition) is 0. The number of likely N-dealkylation sites (tertiary alicyclic amines) is 2. The van der Waals surface area contributed by atoms with Crippen molar-refractivity contribution in [2.24, 2.45) is 5.92 Å². The fraction of sp³-hybridized carbons (Fsp3) is 0.500. The van der Waals surface area contributed by atoms with Gasteiger partial charge < -0.3 is 9.80 Å². The van der Waals surface area contributed by atoms with Gasteiger partial charge in [-0.2, -0.15) is 0 Å². The third-order valence-corrected chi connectivity index (χ3v) is 6.28. The van der Waals surface area contributed by atoms with Gasteiger partial charge in [0.15, 0.2) is 0 Å². The van der Waals surface area contributed by atoms with Gasteiger partial charge in [0.2, 0.25) is 11.8 Å². The van der Waals surface area contributed by atoms with Crippen LogP contribution in [0.15, 0.2) is 24.3 Å². The van der Waals surface area contributed by atoms with Gasteiger partial charge in [0, 0.05) is 39.0 Å². The Balaban J connectivity index is 1.49. The van der Waals surface area contributed by atoms with E-state index in [0.29, 0.717) is 18.9 Å². The normalized spacial score (nSPS) is 24.8. The first-order valence-corrected chi connectivity index (χ1v) is 9.31. The van der Waals surface area contributed by atoms with Crippen molar-refractivity contribution in [2.75, 3.05) is 26.7 Å². The number of piperidine rings is 1. The van der Waals surface area contributed by atoms with Crippen LogP contribution in [0, 0.1) is 5.92 Å². The maximum atomic E-state index is 12.8. The molecule has 1 aromatic heterocycles. The molecule has 0 radical (unpaired) electrons. The Kier molecular flexibility index (Phi) is 4.00. The van der Waals surface area contributed by atoms with Crippen LogP contribution in [0.5, 0.6) is 0 Å². The van der Waals surface area contributed by atoms with Crippen molar-refractivity contribution in [1.29, 1.82) is 0 Å². The monoisotopic (exact) mass is 343 g/mol. The molecule has 6 heteroatoms. The van der Waals surface area contributed by atoms with Crippen LogP contribution in [-0.2, 0) is 9.59 Å². The molecule has 0 bridgehead atoms. The van der Waals surface area contributed by atoms with Crippen molar-refractivity contribution in [3.63, 3.8) is 0 Å². The summed E-state index contributed by atoms with van der Waals surface area (Å²) in [5, 5.41) is 1.13. The second-order valence-electron chi connectivity index (χ2n) is 6.82. The molecule has 24 heavy (non-hydrogen) atoms. The summed E-state index contributed by atoms with van der Waals surface area (Å²) < 4.78 is 1.21. The lowest BCUT2D eigenvalue weighted by molar-refractivity contribution is -0.137. The molecule has 5 nitrogen and oxygen atoms in total. The minimum atomic E-state index is -0.170. The summed E-state index contributed by atoms with van der Waals surface area (Å²) in [6.45, 7) is 2.08. The zero-order chi connectivity index (χ0) is 16.7. The largest absolute Gasteiger partial charge is 0.345 e. The number of hydrogen-bond acceptors (Lipinski definition) is 4. The van der Waals surface area contributed by atoms with Crippen molar-refractivity contribution >= 4 is 33.4 Å². The number of aromatic nitrogens is 1. The molecule has 2 amide bonds. The van der Waals surface area contributed by atoms with Crippen molar-refractivity contribution in [3.05, 3.63) is 29.3 Å². The third-order valence-electron chi connectivity index (χ3n) is 5.08. The molecule has 0 aliphatic carbocycles. The molecule has 0 unspecified atom stereocenters. The molecule has 0 N–H and O–H groups in total. The minimum absolute atomic E-state index is 0.0769. The van der Waals surface area contributed by atoms with Gasteiger partial charge in [-0.1, -0.05) is 12.1 Å². The van der Waals surface area contributed by atoms with Crippen LogP contribution in [0.2, 0.25) is 0 Å². The average Bonchev–Trinajstić information content (AvgIpc) is 3.18. The van der Waals surface area contributed by atoms with E-state index in [9.17, 15) is 9.59 Å². The van der Waals surface area contributed by atoms with Crippen LogP contribution in [0.1, 0.15) is 30.2 Å². The Morgan fingerprint density at radius 3 is 2.88 bits per heavy atom. The Hall–Kier alpha value is -1.95. The van der Waals surface area contributed by atoms with Crippen LogP contribution in [0.3, 0.4) is 0 Å². The number of nitrogens with zero attached hydrogens (tertiary/aromatic N) is 3. The molecule has 2 saturated heterocycles. The maximum Gasteiger partial charge on any atom is 0.228 e. The summed E-state index contributed by atoms with van der Waals surface area (Å²) in [4.78, 5) is 32.9. The number of rotatable bonds is 2. The first kappa shape index (κ1) is 15.6. The lowest BCUT2D eigenvalue weighted by atomic mass is 9.96. The quantitative estimate of drug-likeness (QED) is 0.842. The van der Waals surface area contributed by atoms with Gasteiger partial charge in [0.1, 0.15) is 0 Å². The van der Waals surface area contributed by atoms with Crippen molar-refractivity contribution in [2.45, 2.75) is 25.2 Å². The molecule has 126 valence electrons. The first-order chi connectivity index (χ1) is 11.6. The van der Waals surface area contributed by atoms with Crippen LogP contribution < -0.4 is 0 Å². The highest BCUT2D eigenvalue weighted by atomic mass is 32.1. The molecule has 2 aromatic rings. The second kappa shape index (κ2) is 6.16. The molecule has 2 aliphatic heterocycles. The standard InChI is InChI=1S/C18H21N3O2S/c1-20-10-13(9-16(20)22)18(23)21-8-4-5-12(11-21)17-19-14-6-2-3-7-15(14)24-17/h2-3,6-7,12-13H,4-5,8-11H2,1H3/t12-,13+/m1/s1. The highest BCUT2D eigenvalue weighted by Gasteiger charge is 2.36. The number of para-hydroxylation sites is 1. The van der Waals surface area contributed by atoms with Crippen LogP contribution >= 0.6 is 11.3 Å². The molecule has 0 saturated carbocycles. The molecule has 2 aliphatic rings. The minimum Gasteiger partial charge on any atom is -0.345 e. The lowest BCUT2D eigenvalue weighted by Gasteiger charge is -2.33. The molecule has 2 fully saturated rings. The number of carbonyl (C=O) groups is 2. The highest BCUT2D eigenvalue weighted by Crippen LogP contribution is 2.33. The SMILES string of the molecule is CN1C[C@@H](C(=O)N2CCC[C@@H](c3nc4ccccc4s3)C2)CC1=O. The van der Waals surface area contributed by atoms with E-state index in [4.69, 9.17) is 4.98 Å². The summed E-state index contributed by atoms with van der Waals surface area (Å²) >= 11 is 1.74. The van der Waals surface area contributed by atoms with Gasteiger partial charge in [-0.15, -0.1) is 11.3 Å². The Bertz CT molecular complexity index is 754. The molecule has 1 aromatic carbocycles. The highest BCUT2D eigenvalue weighted by molar-refractivity contribution is 7.18. The van der Waals surface area contributed by atoms with Crippen LogP contribution in [0.4, 0.5) is 0 Å². The van der Waals surface area contributed by atoms with E-state index in [0.717, 1.165) is 36.5 Å². The van der Waals surface area contributed by atoms with E-state index in [1.54, 1.807) is 23.3 Å². The molecule has 4 rings (SSSR count). The van der Waals surface area contributed by atoms with Crippen molar-refractivity contribution in [3.8, 4) is 0 Å². The number of carbonyl (C=O) groups excluding carboxylic acids is 2. The Labute approximate surface area is 145 Å². The zero-order valence-electron chi connectivity index (χ0n) is 13.8. The predicted molar refractivity (Wildman–Crippen MR) is 93.9 cm³/mol. The van der Waals surface area contributed by atoms with Gasteiger partial charge in [-0.05, 0) is 25.0 Å². The fourth-order valence-corrected chi connectivity index (χ4v) is 4.82. The van der Waals surface area contributed by atoms with E-state index in [1.165, 1.54) is 4.70 Å². The molecule has 3 heterocycles. The van der Waals surface area contributed by atoms with E-state index in [1.807, 2.05) is 23.1 Å². The van der Waals surface area contributed by atoms with E-state index in [2.05, 4.69) is 6.07 Å². The first-order valence-electron chi connectivity index (χ1n) is 8.50. The average molecular weight is 343 g/mol. The molecule has 2 atom stereocenters. The molecular formula is C18H21N3O2S. The zero-order valence-corrected chi connectivity index (χ0v) is 14.6. The van der Waals surface area contributed by atoms with E-state index >= 15 is 0 Å². The molecular weight excluding hydrogens is 322 g/mol. The summed E-state index contributed by atoms with van der Waals surface area (Å²) in [5.74, 6) is 0.359. The number of fused-ring (bicyclic) bond motifs is 1. The van der Waals surface area contributed by atoms with Gasteiger partial charge in [0.05, 0.1) is 21.1 Å². The fourth-order valence-electron chi connectivity index (χ4n) is 3.73. The lowest BCUT2D eigenvalue weighted by Crippen LogP contribution is -2.42. The second-order valence-corrected chi connectivity index (χ2v) is 7.88. The summed E-state index contributed by atoms with van der Waals surface area (Å²) in [5.41, 5.74) is 1.05. The Morgan fingerprint density at radius 1 is 1.29 bits per heavy atom. The van der Waals surface area contributed by atoms with Gasteiger partial charge in [-0.25, -0.2) is 4.98 Å².